The Balaban J connectivity index is 2.17. The van der Waals surface area contributed by atoms with Crippen molar-refractivity contribution < 1.29 is 4.79 Å². The lowest BCUT2D eigenvalue weighted by Crippen LogP contribution is -2.46. The van der Waals surface area contributed by atoms with Crippen LogP contribution in [0.3, 0.4) is 0 Å². The number of hydrogen-bond acceptors (Lipinski definition) is 3. The topological polar surface area (TPSA) is 35.6 Å². The number of piperazine rings is 1. The lowest BCUT2D eigenvalue weighted by molar-refractivity contribution is -0.116. The summed E-state index contributed by atoms with van der Waals surface area (Å²) in [7, 11) is 1.65. The standard InChI is InChI=1S/C12H23N3O/c1-3-6-14-8-10-15(11-9-14)7-4-5-12(16)13-2/h4-5H,3,6-11H2,1-2H3,(H,13,16)/b5-4+. The Morgan fingerprint density at radius 1 is 1.25 bits per heavy atom. The molecule has 4 heteroatoms. The van der Waals surface area contributed by atoms with Crippen LogP contribution in [0.1, 0.15) is 13.3 Å². The van der Waals surface area contributed by atoms with Gasteiger partial charge in [0, 0.05) is 45.8 Å². The molecule has 0 radical (unpaired) electrons. The molecule has 0 unspecified atom stereocenters. The third-order valence-electron chi connectivity index (χ3n) is 2.88. The molecule has 1 amide bonds. The molecule has 1 fully saturated rings. The fourth-order valence-corrected chi connectivity index (χ4v) is 1.90. The molecule has 1 aliphatic heterocycles. The van der Waals surface area contributed by atoms with Gasteiger partial charge in [0.15, 0.2) is 0 Å². The minimum Gasteiger partial charge on any atom is -0.356 e. The van der Waals surface area contributed by atoms with Crippen LogP contribution in [0, 0.1) is 0 Å². The second kappa shape index (κ2) is 7.41. The fraction of sp³-hybridized carbons (Fsp3) is 0.750. The Kier molecular flexibility index (Phi) is 6.11. The lowest BCUT2D eigenvalue weighted by atomic mass is 10.3. The van der Waals surface area contributed by atoms with Gasteiger partial charge < -0.3 is 10.2 Å². The van der Waals surface area contributed by atoms with Crippen molar-refractivity contribution in [2.24, 2.45) is 0 Å². The molecule has 4 nitrogen and oxygen atoms in total. The number of likely N-dealkylation sites (N-methyl/N-ethyl adjacent to an activating group) is 1. The van der Waals surface area contributed by atoms with E-state index in [0.29, 0.717) is 0 Å². The van der Waals surface area contributed by atoms with Gasteiger partial charge in [-0.3, -0.25) is 9.69 Å². The summed E-state index contributed by atoms with van der Waals surface area (Å²) in [5, 5.41) is 2.57. The molecule has 1 aliphatic rings. The Hall–Kier alpha value is -0.870. The summed E-state index contributed by atoms with van der Waals surface area (Å²) < 4.78 is 0. The zero-order valence-corrected chi connectivity index (χ0v) is 10.4. The van der Waals surface area contributed by atoms with Gasteiger partial charge in [0.2, 0.25) is 5.91 Å². The van der Waals surface area contributed by atoms with Gasteiger partial charge in [-0.25, -0.2) is 0 Å². The number of rotatable bonds is 5. The van der Waals surface area contributed by atoms with Gasteiger partial charge in [-0.05, 0) is 13.0 Å². The second-order valence-electron chi connectivity index (χ2n) is 4.16. The lowest BCUT2D eigenvalue weighted by Gasteiger charge is -2.33. The SMILES string of the molecule is CCCN1CCN(C/C=C/C(=O)NC)CC1. The minimum absolute atomic E-state index is 0.0235. The van der Waals surface area contributed by atoms with Crippen molar-refractivity contribution in [3.05, 3.63) is 12.2 Å². The van der Waals surface area contributed by atoms with Crippen LogP contribution >= 0.6 is 0 Å². The maximum absolute atomic E-state index is 11.0. The molecule has 1 N–H and O–H groups in total. The van der Waals surface area contributed by atoms with Crippen LogP contribution in [-0.4, -0.2) is 62.0 Å². The average Bonchev–Trinajstić information content (AvgIpc) is 2.31. The molecule has 16 heavy (non-hydrogen) atoms. The van der Waals surface area contributed by atoms with Crippen molar-refractivity contribution >= 4 is 5.91 Å². The van der Waals surface area contributed by atoms with Crippen molar-refractivity contribution in [1.29, 1.82) is 0 Å². The highest BCUT2D eigenvalue weighted by Crippen LogP contribution is 2.02. The molecule has 0 aromatic carbocycles. The van der Waals surface area contributed by atoms with Gasteiger partial charge in [-0.15, -0.1) is 0 Å². The summed E-state index contributed by atoms with van der Waals surface area (Å²) in [5.74, 6) is -0.0235. The van der Waals surface area contributed by atoms with E-state index in [-0.39, 0.29) is 5.91 Å². The number of nitrogens with zero attached hydrogens (tertiary/aromatic N) is 2. The average molecular weight is 225 g/mol. The van der Waals surface area contributed by atoms with Crippen LogP contribution in [0.4, 0.5) is 0 Å². The molecule has 0 aromatic heterocycles. The minimum atomic E-state index is -0.0235. The van der Waals surface area contributed by atoms with Gasteiger partial charge in [0.05, 0.1) is 0 Å². The molecule has 1 rings (SSSR count). The zero-order valence-electron chi connectivity index (χ0n) is 10.4. The van der Waals surface area contributed by atoms with E-state index in [1.165, 1.54) is 13.0 Å². The summed E-state index contributed by atoms with van der Waals surface area (Å²) in [6.45, 7) is 8.84. The van der Waals surface area contributed by atoms with E-state index < -0.39 is 0 Å². The first-order valence-electron chi connectivity index (χ1n) is 6.09. The van der Waals surface area contributed by atoms with Gasteiger partial charge in [0.1, 0.15) is 0 Å². The first-order valence-corrected chi connectivity index (χ1v) is 6.09. The number of carbonyl (C=O) groups is 1. The Morgan fingerprint density at radius 2 is 1.88 bits per heavy atom. The third-order valence-corrected chi connectivity index (χ3v) is 2.88. The van der Waals surface area contributed by atoms with E-state index in [2.05, 4.69) is 22.0 Å². The van der Waals surface area contributed by atoms with Crippen molar-refractivity contribution in [1.82, 2.24) is 15.1 Å². The summed E-state index contributed by atoms with van der Waals surface area (Å²) in [4.78, 5) is 15.8. The van der Waals surface area contributed by atoms with E-state index in [1.54, 1.807) is 13.1 Å². The van der Waals surface area contributed by atoms with E-state index in [9.17, 15) is 4.79 Å². The number of carbonyl (C=O) groups excluding carboxylic acids is 1. The zero-order chi connectivity index (χ0) is 11.8. The highest BCUT2D eigenvalue weighted by Gasteiger charge is 2.14. The fourth-order valence-electron chi connectivity index (χ4n) is 1.90. The molecule has 0 atom stereocenters. The third kappa shape index (κ3) is 4.77. The van der Waals surface area contributed by atoms with Gasteiger partial charge in [-0.1, -0.05) is 13.0 Å². The van der Waals surface area contributed by atoms with Crippen LogP contribution in [0.2, 0.25) is 0 Å². The van der Waals surface area contributed by atoms with Gasteiger partial charge in [-0.2, -0.15) is 0 Å². The van der Waals surface area contributed by atoms with Crippen molar-refractivity contribution in [3.63, 3.8) is 0 Å². The summed E-state index contributed by atoms with van der Waals surface area (Å²) in [6.07, 6.45) is 4.78. The predicted octanol–water partition coefficient (Wildman–Crippen LogP) is 0.316. The molecule has 0 aliphatic carbocycles. The Labute approximate surface area is 98.3 Å². The molecule has 0 spiro atoms. The monoisotopic (exact) mass is 225 g/mol. The molecular weight excluding hydrogens is 202 g/mol. The quantitative estimate of drug-likeness (QED) is 0.684. The summed E-state index contributed by atoms with van der Waals surface area (Å²) >= 11 is 0. The van der Waals surface area contributed by atoms with E-state index in [4.69, 9.17) is 0 Å². The van der Waals surface area contributed by atoms with Crippen LogP contribution in [-0.2, 0) is 4.79 Å². The van der Waals surface area contributed by atoms with Crippen molar-refractivity contribution in [2.45, 2.75) is 13.3 Å². The molecule has 0 saturated carbocycles. The van der Waals surface area contributed by atoms with Gasteiger partial charge in [0.25, 0.3) is 0 Å². The van der Waals surface area contributed by atoms with E-state index in [0.717, 1.165) is 32.7 Å². The largest absolute Gasteiger partial charge is 0.356 e. The van der Waals surface area contributed by atoms with Crippen LogP contribution in [0.5, 0.6) is 0 Å². The number of hydrogen-bond donors (Lipinski definition) is 1. The molecule has 1 saturated heterocycles. The maximum atomic E-state index is 11.0. The number of nitrogens with one attached hydrogen (secondary N) is 1. The Morgan fingerprint density at radius 3 is 2.44 bits per heavy atom. The summed E-state index contributed by atoms with van der Waals surface area (Å²) in [6, 6.07) is 0. The maximum Gasteiger partial charge on any atom is 0.243 e. The van der Waals surface area contributed by atoms with E-state index in [1.807, 2.05) is 6.08 Å². The van der Waals surface area contributed by atoms with Gasteiger partial charge >= 0.3 is 0 Å². The predicted molar refractivity (Wildman–Crippen MR) is 66.4 cm³/mol. The Bertz CT molecular complexity index is 232. The second-order valence-corrected chi connectivity index (χ2v) is 4.16. The normalized spacial score (nSPS) is 19.1. The first kappa shape index (κ1) is 13.2. The van der Waals surface area contributed by atoms with Crippen LogP contribution in [0.25, 0.3) is 0 Å². The molecule has 92 valence electrons. The van der Waals surface area contributed by atoms with Crippen molar-refractivity contribution in [3.8, 4) is 0 Å². The van der Waals surface area contributed by atoms with E-state index >= 15 is 0 Å². The smallest absolute Gasteiger partial charge is 0.243 e. The summed E-state index contributed by atoms with van der Waals surface area (Å²) in [5.41, 5.74) is 0. The molecular formula is C12H23N3O. The highest BCUT2D eigenvalue weighted by molar-refractivity contribution is 5.87. The van der Waals surface area contributed by atoms with Crippen LogP contribution in [0.15, 0.2) is 12.2 Å². The molecule has 0 aromatic rings. The van der Waals surface area contributed by atoms with Crippen molar-refractivity contribution in [2.75, 3.05) is 46.3 Å². The van der Waals surface area contributed by atoms with Crippen LogP contribution < -0.4 is 5.32 Å². The molecule has 0 bridgehead atoms. The first-order chi connectivity index (χ1) is 7.76. The molecule has 1 heterocycles. The number of amides is 1. The highest BCUT2D eigenvalue weighted by atomic mass is 16.1.